The third-order valence-corrected chi connectivity index (χ3v) is 4.06. The summed E-state index contributed by atoms with van der Waals surface area (Å²) in [6, 6.07) is 14.3. The van der Waals surface area contributed by atoms with E-state index < -0.39 is 5.97 Å². The standard InChI is InChI=1S/C23H29NO5/c1-5-27-21-13-19(11-12-20(21)28-14-16(2)3)23(26)29-15-22(25)24-17(4)18-9-7-6-8-10-18/h6-13,16-17H,5,14-15H2,1-4H3,(H,24,25)/t17-/m1/s1. The molecule has 1 amide bonds. The van der Waals surface area contributed by atoms with Crippen LogP contribution in [-0.2, 0) is 9.53 Å². The van der Waals surface area contributed by atoms with Gasteiger partial charge < -0.3 is 19.5 Å². The molecule has 1 N–H and O–H groups in total. The topological polar surface area (TPSA) is 73.9 Å². The van der Waals surface area contributed by atoms with Crippen molar-refractivity contribution >= 4 is 11.9 Å². The molecule has 2 aromatic rings. The highest BCUT2D eigenvalue weighted by Crippen LogP contribution is 2.29. The van der Waals surface area contributed by atoms with Gasteiger partial charge in [0.25, 0.3) is 5.91 Å². The molecule has 156 valence electrons. The van der Waals surface area contributed by atoms with Gasteiger partial charge in [-0.25, -0.2) is 4.79 Å². The summed E-state index contributed by atoms with van der Waals surface area (Å²) in [5, 5.41) is 2.81. The number of carbonyl (C=O) groups excluding carboxylic acids is 2. The first-order chi connectivity index (χ1) is 13.9. The molecular weight excluding hydrogens is 370 g/mol. The Morgan fingerprint density at radius 3 is 2.34 bits per heavy atom. The Morgan fingerprint density at radius 1 is 0.966 bits per heavy atom. The lowest BCUT2D eigenvalue weighted by molar-refractivity contribution is -0.124. The van der Waals surface area contributed by atoms with Crippen LogP contribution >= 0.6 is 0 Å². The Bertz CT molecular complexity index is 804. The SMILES string of the molecule is CCOc1cc(C(=O)OCC(=O)N[C@H](C)c2ccccc2)ccc1OCC(C)C. The summed E-state index contributed by atoms with van der Waals surface area (Å²) >= 11 is 0. The maximum Gasteiger partial charge on any atom is 0.338 e. The Balaban J connectivity index is 1.93. The molecule has 0 aromatic heterocycles. The Kier molecular flexibility index (Phi) is 8.52. The minimum absolute atomic E-state index is 0.177. The van der Waals surface area contributed by atoms with Gasteiger partial charge >= 0.3 is 5.97 Å². The molecule has 6 nitrogen and oxygen atoms in total. The van der Waals surface area contributed by atoms with Crippen molar-refractivity contribution < 1.29 is 23.8 Å². The molecule has 0 saturated carbocycles. The first-order valence-corrected chi connectivity index (χ1v) is 9.81. The number of esters is 1. The van der Waals surface area contributed by atoms with Crippen LogP contribution in [0.25, 0.3) is 0 Å². The summed E-state index contributed by atoms with van der Waals surface area (Å²) in [5.41, 5.74) is 1.28. The Hall–Kier alpha value is -3.02. The molecule has 0 radical (unpaired) electrons. The summed E-state index contributed by atoms with van der Waals surface area (Å²) in [6.45, 7) is 8.46. The molecule has 0 fully saturated rings. The smallest absolute Gasteiger partial charge is 0.338 e. The Labute approximate surface area is 172 Å². The predicted octanol–water partition coefficient (Wildman–Crippen LogP) is 4.15. The average molecular weight is 399 g/mol. The van der Waals surface area contributed by atoms with E-state index in [0.717, 1.165) is 5.56 Å². The third-order valence-electron chi connectivity index (χ3n) is 4.06. The second-order valence-electron chi connectivity index (χ2n) is 7.08. The van der Waals surface area contributed by atoms with Crippen LogP contribution in [0.15, 0.2) is 48.5 Å². The largest absolute Gasteiger partial charge is 0.490 e. The first-order valence-electron chi connectivity index (χ1n) is 9.81. The molecule has 0 saturated heterocycles. The summed E-state index contributed by atoms with van der Waals surface area (Å²) in [4.78, 5) is 24.4. The average Bonchev–Trinajstić information content (AvgIpc) is 2.71. The quantitative estimate of drug-likeness (QED) is 0.608. The minimum Gasteiger partial charge on any atom is -0.490 e. The fraction of sp³-hybridized carbons (Fsp3) is 0.391. The zero-order chi connectivity index (χ0) is 21.2. The number of nitrogens with one attached hydrogen (secondary N) is 1. The number of ether oxygens (including phenoxy) is 3. The fourth-order valence-electron chi connectivity index (χ4n) is 2.60. The molecule has 0 aliphatic carbocycles. The molecule has 6 heteroatoms. The van der Waals surface area contributed by atoms with Gasteiger partial charge in [0, 0.05) is 0 Å². The number of hydrogen-bond acceptors (Lipinski definition) is 5. The van der Waals surface area contributed by atoms with Gasteiger partial charge in [0.2, 0.25) is 0 Å². The van der Waals surface area contributed by atoms with E-state index in [9.17, 15) is 9.59 Å². The summed E-state index contributed by atoms with van der Waals surface area (Å²) in [5.74, 6) is 0.461. The molecule has 1 atom stereocenters. The van der Waals surface area contributed by atoms with Crippen molar-refractivity contribution in [2.75, 3.05) is 19.8 Å². The van der Waals surface area contributed by atoms with E-state index >= 15 is 0 Å². The molecule has 0 spiro atoms. The fourth-order valence-corrected chi connectivity index (χ4v) is 2.60. The zero-order valence-corrected chi connectivity index (χ0v) is 17.4. The van der Waals surface area contributed by atoms with E-state index in [4.69, 9.17) is 14.2 Å². The van der Waals surface area contributed by atoms with Crippen molar-refractivity contribution in [3.8, 4) is 11.5 Å². The summed E-state index contributed by atoms with van der Waals surface area (Å²) < 4.78 is 16.5. The normalized spacial score (nSPS) is 11.6. The van der Waals surface area contributed by atoms with Crippen LogP contribution in [0.5, 0.6) is 11.5 Å². The highest BCUT2D eigenvalue weighted by Gasteiger charge is 2.16. The van der Waals surface area contributed by atoms with Crippen LogP contribution < -0.4 is 14.8 Å². The number of benzene rings is 2. The van der Waals surface area contributed by atoms with Crippen LogP contribution in [0.3, 0.4) is 0 Å². The van der Waals surface area contributed by atoms with E-state index in [1.807, 2.05) is 44.2 Å². The molecule has 0 bridgehead atoms. The minimum atomic E-state index is -0.594. The molecule has 29 heavy (non-hydrogen) atoms. The lowest BCUT2D eigenvalue weighted by atomic mass is 10.1. The van der Waals surface area contributed by atoms with E-state index in [2.05, 4.69) is 19.2 Å². The van der Waals surface area contributed by atoms with Crippen molar-refractivity contribution in [1.29, 1.82) is 0 Å². The van der Waals surface area contributed by atoms with E-state index in [0.29, 0.717) is 36.2 Å². The maximum atomic E-state index is 12.3. The molecule has 2 rings (SSSR count). The number of amides is 1. The summed E-state index contributed by atoms with van der Waals surface area (Å²) in [6.07, 6.45) is 0. The van der Waals surface area contributed by atoms with Crippen LogP contribution in [-0.4, -0.2) is 31.7 Å². The van der Waals surface area contributed by atoms with Gasteiger partial charge in [0.05, 0.1) is 24.8 Å². The lowest BCUT2D eigenvalue weighted by Gasteiger charge is -2.15. The molecule has 2 aromatic carbocycles. The van der Waals surface area contributed by atoms with Gasteiger partial charge in [-0.05, 0) is 43.5 Å². The van der Waals surface area contributed by atoms with Crippen molar-refractivity contribution in [2.24, 2.45) is 5.92 Å². The molecule has 0 aliphatic rings. The van der Waals surface area contributed by atoms with E-state index in [1.54, 1.807) is 18.2 Å². The van der Waals surface area contributed by atoms with Gasteiger partial charge in [-0.3, -0.25) is 4.79 Å². The lowest BCUT2D eigenvalue weighted by Crippen LogP contribution is -2.31. The van der Waals surface area contributed by atoms with Crippen molar-refractivity contribution in [2.45, 2.75) is 33.7 Å². The Morgan fingerprint density at radius 2 is 1.69 bits per heavy atom. The predicted molar refractivity (Wildman–Crippen MR) is 111 cm³/mol. The van der Waals surface area contributed by atoms with Crippen LogP contribution in [0.4, 0.5) is 0 Å². The van der Waals surface area contributed by atoms with Gasteiger partial charge in [-0.2, -0.15) is 0 Å². The second kappa shape index (κ2) is 11.1. The molecule has 0 aliphatic heterocycles. The number of rotatable bonds is 10. The zero-order valence-electron chi connectivity index (χ0n) is 17.4. The third kappa shape index (κ3) is 7.14. The highest BCUT2D eigenvalue weighted by atomic mass is 16.5. The van der Waals surface area contributed by atoms with Crippen LogP contribution in [0.2, 0.25) is 0 Å². The van der Waals surface area contributed by atoms with E-state index in [-0.39, 0.29) is 18.6 Å². The van der Waals surface area contributed by atoms with Crippen LogP contribution in [0, 0.1) is 5.92 Å². The van der Waals surface area contributed by atoms with Gasteiger partial charge in [-0.1, -0.05) is 44.2 Å². The maximum absolute atomic E-state index is 12.3. The summed E-state index contributed by atoms with van der Waals surface area (Å²) in [7, 11) is 0. The van der Waals surface area contributed by atoms with Crippen molar-refractivity contribution in [3.05, 3.63) is 59.7 Å². The van der Waals surface area contributed by atoms with Crippen LogP contribution in [0.1, 0.15) is 49.7 Å². The first kappa shape index (κ1) is 22.3. The number of hydrogen-bond donors (Lipinski definition) is 1. The van der Waals surface area contributed by atoms with Crippen molar-refractivity contribution in [1.82, 2.24) is 5.32 Å². The van der Waals surface area contributed by atoms with Gasteiger partial charge in [0.1, 0.15) is 0 Å². The monoisotopic (exact) mass is 399 g/mol. The van der Waals surface area contributed by atoms with Gasteiger partial charge in [-0.15, -0.1) is 0 Å². The second-order valence-corrected chi connectivity index (χ2v) is 7.08. The number of carbonyl (C=O) groups is 2. The highest BCUT2D eigenvalue weighted by molar-refractivity contribution is 5.92. The molecule has 0 heterocycles. The van der Waals surface area contributed by atoms with Crippen molar-refractivity contribution in [3.63, 3.8) is 0 Å². The van der Waals surface area contributed by atoms with E-state index in [1.165, 1.54) is 0 Å². The van der Waals surface area contributed by atoms with Gasteiger partial charge in [0.15, 0.2) is 18.1 Å². The molecule has 0 unspecified atom stereocenters. The molecular formula is C23H29NO5.